The lowest BCUT2D eigenvalue weighted by molar-refractivity contribution is -0.124. The van der Waals surface area contributed by atoms with Crippen molar-refractivity contribution in [2.45, 2.75) is 23.8 Å². The van der Waals surface area contributed by atoms with Gasteiger partial charge < -0.3 is 10.1 Å². The third-order valence-corrected chi connectivity index (χ3v) is 8.67. The zero-order valence-corrected chi connectivity index (χ0v) is 17.1. The first-order chi connectivity index (χ1) is 13.3. The Bertz CT molecular complexity index is 883. The Labute approximate surface area is 165 Å². The molecule has 0 saturated carbocycles. The van der Waals surface area contributed by atoms with Gasteiger partial charge in [0.05, 0.1) is 23.9 Å². The molecule has 1 unspecified atom stereocenters. The molecule has 0 bridgehead atoms. The van der Waals surface area contributed by atoms with E-state index in [1.165, 1.54) is 20.7 Å². The second-order valence-corrected chi connectivity index (χ2v) is 10.7. The molecule has 2 fully saturated rings. The molecular weight excluding hydrogens is 406 g/mol. The van der Waals surface area contributed by atoms with E-state index < -0.39 is 32.0 Å². The van der Waals surface area contributed by atoms with Gasteiger partial charge in [-0.1, -0.05) is 18.2 Å². The van der Waals surface area contributed by atoms with Crippen molar-refractivity contribution in [1.29, 1.82) is 0 Å². The molecule has 2 saturated heterocycles. The molecule has 28 heavy (non-hydrogen) atoms. The number of hydrogen-bond donors (Lipinski definition) is 1. The molecule has 2 aliphatic rings. The lowest BCUT2D eigenvalue weighted by atomic mass is 10.2. The summed E-state index contributed by atoms with van der Waals surface area (Å²) in [5, 5.41) is 2.59. The van der Waals surface area contributed by atoms with Gasteiger partial charge >= 0.3 is 0 Å². The Morgan fingerprint density at radius 2 is 1.75 bits per heavy atom. The van der Waals surface area contributed by atoms with Gasteiger partial charge in [0.2, 0.25) is 26.0 Å². The quantitative estimate of drug-likeness (QED) is 0.630. The number of amides is 1. The second-order valence-electron chi connectivity index (χ2n) is 6.71. The van der Waals surface area contributed by atoms with Crippen molar-refractivity contribution >= 4 is 26.0 Å². The maximum absolute atomic E-state index is 12.8. The first kappa shape index (κ1) is 21.2. The van der Waals surface area contributed by atoms with Crippen molar-refractivity contribution in [1.82, 2.24) is 13.9 Å². The first-order valence-electron chi connectivity index (χ1n) is 9.22. The van der Waals surface area contributed by atoms with Crippen molar-refractivity contribution in [3.63, 3.8) is 0 Å². The van der Waals surface area contributed by atoms with E-state index in [9.17, 15) is 21.6 Å². The molecule has 11 heteroatoms. The molecule has 3 rings (SSSR count). The van der Waals surface area contributed by atoms with Gasteiger partial charge in [0, 0.05) is 26.2 Å². The van der Waals surface area contributed by atoms with Gasteiger partial charge in [0.15, 0.2) is 0 Å². The van der Waals surface area contributed by atoms with Crippen molar-refractivity contribution < 1.29 is 26.4 Å². The largest absolute Gasteiger partial charge is 0.379 e. The summed E-state index contributed by atoms with van der Waals surface area (Å²) in [7, 11) is -7.25. The highest BCUT2D eigenvalue weighted by Crippen LogP contribution is 2.26. The maximum Gasteiger partial charge on any atom is 0.243 e. The minimum absolute atomic E-state index is 0.0613. The number of hydrogen-bond acceptors (Lipinski definition) is 6. The Morgan fingerprint density at radius 3 is 2.43 bits per heavy atom. The third kappa shape index (κ3) is 4.71. The topological polar surface area (TPSA) is 113 Å². The number of sulfonamides is 2. The molecule has 1 atom stereocenters. The van der Waals surface area contributed by atoms with Crippen molar-refractivity contribution in [2.24, 2.45) is 0 Å². The van der Waals surface area contributed by atoms with Gasteiger partial charge in [0.1, 0.15) is 6.04 Å². The lowest BCUT2D eigenvalue weighted by Crippen LogP contribution is -2.48. The third-order valence-electron chi connectivity index (χ3n) is 4.88. The molecule has 0 radical (unpaired) electrons. The minimum atomic E-state index is -3.77. The van der Waals surface area contributed by atoms with E-state index in [-0.39, 0.29) is 23.7 Å². The van der Waals surface area contributed by atoms with Crippen molar-refractivity contribution in [2.75, 3.05) is 45.1 Å². The molecule has 0 aliphatic carbocycles. The van der Waals surface area contributed by atoms with Crippen LogP contribution < -0.4 is 5.32 Å². The van der Waals surface area contributed by atoms with Crippen LogP contribution in [0.4, 0.5) is 0 Å². The van der Waals surface area contributed by atoms with Gasteiger partial charge in [-0.15, -0.1) is 0 Å². The molecule has 2 aliphatic heterocycles. The van der Waals surface area contributed by atoms with Crippen LogP contribution in [0.2, 0.25) is 0 Å². The standard InChI is InChI=1S/C17H25N3O6S2/c21-17(18-8-14-27(22,23)19-10-12-26-13-11-19)16-7-4-9-20(16)28(24,25)15-5-2-1-3-6-15/h1-3,5-6,16H,4,7-14H2,(H,18,21). The van der Waals surface area contributed by atoms with Crippen molar-refractivity contribution in [3.05, 3.63) is 30.3 Å². The predicted octanol–water partition coefficient (Wildman–Crippen LogP) is -0.382. The zero-order chi connectivity index (χ0) is 20.2. The number of nitrogens with one attached hydrogen (secondary N) is 1. The van der Waals surface area contributed by atoms with Crippen LogP contribution in [0.1, 0.15) is 12.8 Å². The monoisotopic (exact) mass is 431 g/mol. The van der Waals surface area contributed by atoms with E-state index >= 15 is 0 Å². The molecule has 0 spiro atoms. The van der Waals surface area contributed by atoms with Crippen LogP contribution in [0.15, 0.2) is 35.2 Å². The summed E-state index contributed by atoms with van der Waals surface area (Å²) in [5.41, 5.74) is 0. The average Bonchev–Trinajstić information content (AvgIpc) is 3.20. The Morgan fingerprint density at radius 1 is 1.07 bits per heavy atom. The molecule has 1 amide bonds. The van der Waals surface area contributed by atoms with Crippen LogP contribution in [0.25, 0.3) is 0 Å². The molecule has 2 heterocycles. The van der Waals surface area contributed by atoms with Gasteiger partial charge in [-0.2, -0.15) is 8.61 Å². The zero-order valence-electron chi connectivity index (χ0n) is 15.5. The van der Waals surface area contributed by atoms with Crippen LogP contribution in [0.5, 0.6) is 0 Å². The molecule has 156 valence electrons. The number of carbonyl (C=O) groups is 1. The highest BCUT2D eigenvalue weighted by molar-refractivity contribution is 7.89. The van der Waals surface area contributed by atoms with E-state index in [1.54, 1.807) is 18.2 Å². The fourth-order valence-corrected chi connectivity index (χ4v) is 6.39. The van der Waals surface area contributed by atoms with Gasteiger partial charge in [0.25, 0.3) is 0 Å². The fraction of sp³-hybridized carbons (Fsp3) is 0.588. The number of ether oxygens (including phenoxy) is 1. The molecular formula is C17H25N3O6S2. The van der Waals surface area contributed by atoms with E-state index in [1.807, 2.05) is 0 Å². The summed E-state index contributed by atoms with van der Waals surface area (Å²) in [6, 6.07) is 7.16. The summed E-state index contributed by atoms with van der Waals surface area (Å²) in [6.07, 6.45) is 0.990. The van der Waals surface area contributed by atoms with Gasteiger partial charge in [-0.3, -0.25) is 4.79 Å². The lowest BCUT2D eigenvalue weighted by Gasteiger charge is -2.26. The normalized spacial score (nSPS) is 22.2. The summed E-state index contributed by atoms with van der Waals surface area (Å²) in [5.74, 6) is -0.689. The molecule has 0 aromatic heterocycles. The molecule has 9 nitrogen and oxygen atoms in total. The molecule has 1 N–H and O–H groups in total. The number of rotatable bonds is 7. The van der Waals surface area contributed by atoms with Crippen LogP contribution in [0, 0.1) is 0 Å². The number of morpholine rings is 1. The summed E-state index contributed by atoms with van der Waals surface area (Å²) >= 11 is 0. The molecule has 1 aromatic rings. The Balaban J connectivity index is 1.59. The summed E-state index contributed by atoms with van der Waals surface area (Å²) < 4.78 is 58.0. The van der Waals surface area contributed by atoms with Crippen molar-refractivity contribution in [3.8, 4) is 0 Å². The second kappa shape index (κ2) is 8.87. The van der Waals surface area contributed by atoms with Crippen LogP contribution in [-0.4, -0.2) is 82.5 Å². The first-order valence-corrected chi connectivity index (χ1v) is 12.3. The minimum Gasteiger partial charge on any atom is -0.379 e. The number of benzene rings is 1. The fourth-order valence-electron chi connectivity index (χ4n) is 3.39. The van der Waals surface area contributed by atoms with Crippen LogP contribution in [0.3, 0.4) is 0 Å². The average molecular weight is 432 g/mol. The van der Waals surface area contributed by atoms with Crippen LogP contribution in [-0.2, 0) is 29.6 Å². The number of nitrogens with zero attached hydrogens (tertiary/aromatic N) is 2. The highest BCUT2D eigenvalue weighted by Gasteiger charge is 2.39. The number of carbonyl (C=O) groups excluding carboxylic acids is 1. The van der Waals surface area contributed by atoms with E-state index in [4.69, 9.17) is 4.74 Å². The smallest absolute Gasteiger partial charge is 0.243 e. The summed E-state index contributed by atoms with van der Waals surface area (Å²) in [6.45, 7) is 1.54. The van der Waals surface area contributed by atoms with E-state index in [0.29, 0.717) is 39.1 Å². The highest BCUT2D eigenvalue weighted by atomic mass is 32.2. The SMILES string of the molecule is O=C(NCCS(=O)(=O)N1CCOCC1)C1CCCN1S(=O)(=O)c1ccccc1. The molecule has 1 aromatic carbocycles. The summed E-state index contributed by atoms with van der Waals surface area (Å²) in [4.78, 5) is 12.7. The van der Waals surface area contributed by atoms with Gasteiger partial charge in [-0.05, 0) is 25.0 Å². The van der Waals surface area contributed by atoms with Crippen LogP contribution >= 0.6 is 0 Å². The van der Waals surface area contributed by atoms with Gasteiger partial charge in [-0.25, -0.2) is 16.8 Å². The predicted molar refractivity (Wildman–Crippen MR) is 103 cm³/mol. The Hall–Kier alpha value is -1.53. The maximum atomic E-state index is 12.8. The van der Waals surface area contributed by atoms with E-state index in [0.717, 1.165) is 0 Å². The Kier molecular flexibility index (Phi) is 6.71. The van der Waals surface area contributed by atoms with E-state index in [2.05, 4.69) is 5.32 Å².